The third-order valence-electron chi connectivity index (χ3n) is 3.49. The number of carbonyl (C=O) groups is 1. The SMILES string of the molecule is NC1=CC=C([N+](=O)[O-])CC1=O.O=S(=O)(O)c1ccc(O)c2ccccc12. The minimum atomic E-state index is -4.26. The Balaban J connectivity index is 0.000000197. The summed E-state index contributed by atoms with van der Waals surface area (Å²) in [5.74, 6) is -0.405. The minimum Gasteiger partial charge on any atom is -0.507 e. The van der Waals surface area contributed by atoms with Gasteiger partial charge in [-0.1, -0.05) is 24.3 Å². The van der Waals surface area contributed by atoms with Crippen molar-refractivity contribution in [2.24, 2.45) is 5.73 Å². The fraction of sp³-hybridized carbons (Fsp3) is 0.0625. The average Bonchev–Trinajstić information content (AvgIpc) is 2.57. The lowest BCUT2D eigenvalue weighted by atomic mass is 10.1. The lowest BCUT2D eigenvalue weighted by molar-refractivity contribution is -0.426. The zero-order valence-electron chi connectivity index (χ0n) is 13.2. The predicted octanol–water partition coefficient (Wildman–Crippen LogP) is 1.75. The number of aromatic hydroxyl groups is 1. The number of hydrogen-bond acceptors (Lipinski definition) is 7. The summed E-state index contributed by atoms with van der Waals surface area (Å²) in [4.78, 5) is 20.1. The van der Waals surface area contributed by atoms with Crippen molar-refractivity contribution in [3.8, 4) is 5.75 Å². The molecule has 1 aliphatic rings. The Morgan fingerprint density at radius 2 is 1.69 bits per heavy atom. The number of nitrogens with zero attached hydrogens (tertiary/aromatic N) is 1. The Kier molecular flexibility index (Phi) is 5.38. The Bertz CT molecular complexity index is 1060. The van der Waals surface area contributed by atoms with Gasteiger partial charge in [-0.3, -0.25) is 19.5 Å². The molecule has 0 aromatic heterocycles. The van der Waals surface area contributed by atoms with Crippen LogP contribution in [0.5, 0.6) is 5.75 Å². The van der Waals surface area contributed by atoms with E-state index in [4.69, 9.17) is 10.3 Å². The number of rotatable bonds is 2. The Morgan fingerprint density at radius 3 is 2.23 bits per heavy atom. The zero-order valence-corrected chi connectivity index (χ0v) is 14.0. The second-order valence-corrected chi connectivity index (χ2v) is 6.63. The van der Waals surface area contributed by atoms with Gasteiger partial charge < -0.3 is 10.8 Å². The first-order valence-corrected chi connectivity index (χ1v) is 8.57. The molecular formula is C16H14N2O7S. The van der Waals surface area contributed by atoms with Crippen LogP contribution in [0.2, 0.25) is 0 Å². The van der Waals surface area contributed by atoms with E-state index >= 15 is 0 Å². The van der Waals surface area contributed by atoms with E-state index in [0.717, 1.165) is 0 Å². The highest BCUT2D eigenvalue weighted by atomic mass is 32.2. The Labute approximate surface area is 148 Å². The quantitative estimate of drug-likeness (QED) is 0.404. The molecule has 2 aromatic carbocycles. The minimum absolute atomic E-state index is 0.0157. The number of nitrogens with two attached hydrogens (primary N) is 1. The van der Waals surface area contributed by atoms with E-state index in [1.165, 1.54) is 30.4 Å². The second kappa shape index (κ2) is 7.33. The van der Waals surface area contributed by atoms with Crippen molar-refractivity contribution < 1.29 is 27.8 Å². The highest BCUT2D eigenvalue weighted by molar-refractivity contribution is 7.86. The lowest BCUT2D eigenvalue weighted by Crippen LogP contribution is -2.17. The molecule has 0 unspecified atom stereocenters. The molecule has 136 valence electrons. The molecule has 0 atom stereocenters. The number of hydrogen-bond donors (Lipinski definition) is 3. The number of nitro groups is 1. The molecule has 0 amide bonds. The van der Waals surface area contributed by atoms with Crippen LogP contribution in [0, 0.1) is 10.1 Å². The van der Waals surface area contributed by atoms with Crippen molar-refractivity contribution in [3.05, 3.63) is 70.1 Å². The van der Waals surface area contributed by atoms with Crippen molar-refractivity contribution in [1.82, 2.24) is 0 Å². The van der Waals surface area contributed by atoms with Gasteiger partial charge in [0.05, 0.1) is 10.6 Å². The van der Waals surface area contributed by atoms with Gasteiger partial charge in [-0.25, -0.2) is 0 Å². The van der Waals surface area contributed by atoms with Crippen molar-refractivity contribution in [1.29, 1.82) is 0 Å². The molecule has 0 spiro atoms. The smallest absolute Gasteiger partial charge is 0.295 e. The fourth-order valence-corrected chi connectivity index (χ4v) is 2.91. The Hall–Kier alpha value is -3.24. The molecular weight excluding hydrogens is 364 g/mol. The molecule has 9 nitrogen and oxygen atoms in total. The van der Waals surface area contributed by atoms with Crippen LogP contribution in [-0.2, 0) is 14.9 Å². The van der Waals surface area contributed by atoms with E-state index < -0.39 is 15.0 Å². The summed E-state index contributed by atoms with van der Waals surface area (Å²) in [7, 11) is -4.26. The molecule has 0 saturated carbocycles. The van der Waals surface area contributed by atoms with E-state index in [0.29, 0.717) is 10.8 Å². The van der Waals surface area contributed by atoms with Gasteiger partial charge in [0.15, 0.2) is 5.78 Å². The van der Waals surface area contributed by atoms with Crippen molar-refractivity contribution in [2.75, 3.05) is 0 Å². The van der Waals surface area contributed by atoms with Gasteiger partial charge in [0.25, 0.3) is 15.8 Å². The predicted molar refractivity (Wildman–Crippen MR) is 92.4 cm³/mol. The van der Waals surface area contributed by atoms with Crippen LogP contribution in [0.3, 0.4) is 0 Å². The summed E-state index contributed by atoms with van der Waals surface area (Å²) in [6.07, 6.45) is 2.30. The molecule has 0 saturated heterocycles. The number of carbonyl (C=O) groups excluding carboxylic acids is 1. The highest BCUT2D eigenvalue weighted by Gasteiger charge is 2.20. The van der Waals surface area contributed by atoms with Crippen molar-refractivity contribution >= 4 is 26.7 Å². The lowest BCUT2D eigenvalue weighted by Gasteiger charge is -2.04. The Morgan fingerprint density at radius 1 is 1.08 bits per heavy atom. The number of allylic oxidation sites excluding steroid dienone is 4. The maximum Gasteiger partial charge on any atom is 0.295 e. The molecule has 1 aliphatic carbocycles. The molecule has 0 fully saturated rings. The van der Waals surface area contributed by atoms with E-state index in [9.17, 15) is 28.4 Å². The number of Topliss-reactive ketones (excluding diaryl/α,β-unsaturated/α-hetero) is 1. The summed E-state index contributed by atoms with van der Waals surface area (Å²) >= 11 is 0. The molecule has 10 heteroatoms. The third kappa shape index (κ3) is 4.23. The fourth-order valence-electron chi connectivity index (χ4n) is 2.21. The topological polar surface area (TPSA) is 161 Å². The van der Waals surface area contributed by atoms with Gasteiger partial charge in [-0.15, -0.1) is 0 Å². The number of phenols is 1. The van der Waals surface area contributed by atoms with Crippen molar-refractivity contribution in [2.45, 2.75) is 11.3 Å². The van der Waals surface area contributed by atoms with E-state index in [1.807, 2.05) is 0 Å². The van der Waals surface area contributed by atoms with Gasteiger partial charge >= 0.3 is 0 Å². The van der Waals surface area contributed by atoms with E-state index in [2.05, 4.69) is 0 Å². The number of fused-ring (bicyclic) bond motifs is 1. The molecule has 4 N–H and O–H groups in total. The third-order valence-corrected chi connectivity index (χ3v) is 4.40. The van der Waals surface area contributed by atoms with Crippen LogP contribution in [0.4, 0.5) is 0 Å². The van der Waals surface area contributed by atoms with Crippen LogP contribution in [0.1, 0.15) is 6.42 Å². The van der Waals surface area contributed by atoms with Gasteiger partial charge in [-0.05, 0) is 18.2 Å². The normalized spacial score (nSPS) is 14.1. The van der Waals surface area contributed by atoms with Crippen LogP contribution < -0.4 is 5.73 Å². The largest absolute Gasteiger partial charge is 0.507 e. The van der Waals surface area contributed by atoms with E-state index in [-0.39, 0.29) is 34.2 Å². The summed E-state index contributed by atoms with van der Waals surface area (Å²) in [6.45, 7) is 0. The van der Waals surface area contributed by atoms with Crippen LogP contribution in [0.15, 0.2) is 64.8 Å². The summed E-state index contributed by atoms with van der Waals surface area (Å²) in [5.41, 5.74) is 5.16. The molecule has 0 heterocycles. The number of benzene rings is 2. The van der Waals surface area contributed by atoms with Gasteiger partial charge in [0.1, 0.15) is 17.1 Å². The average molecular weight is 378 g/mol. The maximum absolute atomic E-state index is 11.0. The van der Waals surface area contributed by atoms with Gasteiger partial charge in [0.2, 0.25) is 0 Å². The monoisotopic (exact) mass is 378 g/mol. The maximum atomic E-state index is 11.0. The van der Waals surface area contributed by atoms with Crippen molar-refractivity contribution in [3.63, 3.8) is 0 Å². The first-order chi connectivity index (χ1) is 12.1. The molecule has 0 aliphatic heterocycles. The first-order valence-electron chi connectivity index (χ1n) is 7.13. The first kappa shape index (κ1) is 19.1. The summed E-state index contributed by atoms with van der Waals surface area (Å²) in [5, 5.41) is 20.3. The van der Waals surface area contributed by atoms with Gasteiger partial charge in [0, 0.05) is 16.8 Å². The van der Waals surface area contributed by atoms with Crippen LogP contribution >= 0.6 is 0 Å². The number of ketones is 1. The second-order valence-electron chi connectivity index (χ2n) is 5.24. The molecule has 0 bridgehead atoms. The molecule has 0 radical (unpaired) electrons. The van der Waals surface area contributed by atoms with Gasteiger partial charge in [-0.2, -0.15) is 8.42 Å². The van der Waals surface area contributed by atoms with Crippen LogP contribution in [0.25, 0.3) is 10.8 Å². The molecule has 3 rings (SSSR count). The van der Waals surface area contributed by atoms with E-state index in [1.54, 1.807) is 18.2 Å². The van der Waals surface area contributed by atoms with Crippen LogP contribution in [-0.4, -0.2) is 28.8 Å². The summed E-state index contributed by atoms with van der Waals surface area (Å²) < 4.78 is 31.0. The number of phenolic OH excluding ortho intramolecular Hbond substituents is 1. The standard InChI is InChI=1S/C10H8O4S.C6H6N2O3/c11-9-5-6-10(15(12,13)14)8-4-2-1-3-7(8)9;7-5-2-1-4(8(10)11)3-6(5)9/h1-6,11H,(H,12,13,14);1-2H,3,7H2. The zero-order chi connectivity index (χ0) is 19.5. The molecule has 2 aromatic rings. The highest BCUT2D eigenvalue weighted by Crippen LogP contribution is 2.29. The summed E-state index contributed by atoms with van der Waals surface area (Å²) in [6, 6.07) is 8.84. The molecule has 26 heavy (non-hydrogen) atoms.